The number of nitrogens with zero attached hydrogens (tertiary/aromatic N) is 1. The molecule has 2 heterocycles. The molecule has 7 nitrogen and oxygen atoms in total. The van der Waals surface area contributed by atoms with E-state index in [1.807, 2.05) is 0 Å². The van der Waals surface area contributed by atoms with Gasteiger partial charge in [0.15, 0.2) is 5.76 Å². The minimum atomic E-state index is -1.29. The van der Waals surface area contributed by atoms with Crippen LogP contribution in [0.4, 0.5) is 10.1 Å². The molecule has 1 saturated heterocycles. The van der Waals surface area contributed by atoms with Crippen molar-refractivity contribution < 1.29 is 28.3 Å². The van der Waals surface area contributed by atoms with Crippen molar-refractivity contribution in [3.63, 3.8) is 0 Å². The van der Waals surface area contributed by atoms with Crippen molar-refractivity contribution in [1.29, 1.82) is 0 Å². The second-order valence-corrected chi connectivity index (χ2v) is 5.23. The first-order valence-corrected chi connectivity index (χ1v) is 7.17. The van der Waals surface area contributed by atoms with Crippen LogP contribution in [0.3, 0.4) is 0 Å². The molecule has 1 fully saturated rings. The van der Waals surface area contributed by atoms with E-state index in [0.29, 0.717) is 6.42 Å². The number of anilines is 1. The monoisotopic (exact) mass is 332 g/mol. The molecule has 3 rings (SSSR count). The van der Waals surface area contributed by atoms with E-state index < -0.39 is 29.6 Å². The van der Waals surface area contributed by atoms with Crippen LogP contribution in [-0.4, -0.2) is 35.5 Å². The molecular weight excluding hydrogens is 319 g/mol. The summed E-state index contributed by atoms with van der Waals surface area (Å²) in [6, 6.07) is 7.43. The van der Waals surface area contributed by atoms with Gasteiger partial charge < -0.3 is 19.7 Å². The Bertz CT molecular complexity index is 816. The Balaban J connectivity index is 1.70. The SMILES string of the molecule is O=C(O)c1ccc(C(=O)N[C@@H]2CCN(c3ccccc3F)C2=O)o1. The predicted molar refractivity (Wildman–Crippen MR) is 80.3 cm³/mol. The standard InChI is InChI=1S/C16H13FN2O5/c17-9-3-1-2-4-11(9)19-8-7-10(15(19)21)18-14(20)12-5-6-13(24-12)16(22)23/h1-6,10H,7-8H2,(H,18,20)(H,22,23)/t10-/m1/s1. The zero-order chi connectivity index (χ0) is 17.3. The van der Waals surface area contributed by atoms with Gasteiger partial charge >= 0.3 is 5.97 Å². The zero-order valence-electron chi connectivity index (χ0n) is 12.4. The first kappa shape index (κ1) is 15.7. The number of carboxylic acid groups (broad SMARTS) is 1. The molecule has 0 saturated carbocycles. The molecule has 2 aromatic rings. The van der Waals surface area contributed by atoms with Gasteiger partial charge in [0.05, 0.1) is 5.69 Å². The molecular formula is C16H13FN2O5. The first-order valence-electron chi connectivity index (χ1n) is 7.17. The number of nitrogens with one attached hydrogen (secondary N) is 1. The number of furan rings is 1. The number of benzene rings is 1. The number of hydrogen-bond donors (Lipinski definition) is 2. The van der Waals surface area contributed by atoms with E-state index in [9.17, 15) is 18.8 Å². The molecule has 1 aliphatic heterocycles. The highest BCUT2D eigenvalue weighted by atomic mass is 19.1. The van der Waals surface area contributed by atoms with Crippen molar-refractivity contribution >= 4 is 23.5 Å². The second-order valence-electron chi connectivity index (χ2n) is 5.23. The number of aromatic carboxylic acids is 1. The Morgan fingerprint density at radius 1 is 1.21 bits per heavy atom. The number of para-hydroxylation sites is 1. The third-order valence-electron chi connectivity index (χ3n) is 3.69. The lowest BCUT2D eigenvalue weighted by Gasteiger charge is -2.17. The first-order chi connectivity index (χ1) is 11.5. The van der Waals surface area contributed by atoms with Gasteiger partial charge in [-0.25, -0.2) is 9.18 Å². The van der Waals surface area contributed by atoms with Crippen LogP contribution in [0.25, 0.3) is 0 Å². The van der Waals surface area contributed by atoms with Crippen LogP contribution >= 0.6 is 0 Å². The van der Waals surface area contributed by atoms with E-state index in [1.54, 1.807) is 6.07 Å². The zero-order valence-corrected chi connectivity index (χ0v) is 12.4. The Hall–Kier alpha value is -3.16. The fourth-order valence-corrected chi connectivity index (χ4v) is 2.53. The molecule has 1 aromatic carbocycles. The van der Waals surface area contributed by atoms with Crippen molar-refractivity contribution in [3.05, 3.63) is 53.7 Å². The average Bonchev–Trinajstić information content (AvgIpc) is 3.17. The van der Waals surface area contributed by atoms with Crippen LogP contribution in [-0.2, 0) is 4.79 Å². The van der Waals surface area contributed by atoms with E-state index in [-0.39, 0.29) is 23.8 Å². The summed E-state index contributed by atoms with van der Waals surface area (Å²) in [5, 5.41) is 11.2. The molecule has 0 unspecified atom stereocenters. The van der Waals surface area contributed by atoms with Gasteiger partial charge in [-0.15, -0.1) is 0 Å². The Labute approximate surface area is 135 Å². The topological polar surface area (TPSA) is 99.8 Å². The van der Waals surface area contributed by atoms with Gasteiger partial charge in [0, 0.05) is 6.54 Å². The van der Waals surface area contributed by atoms with Gasteiger partial charge in [0.2, 0.25) is 11.7 Å². The highest BCUT2D eigenvalue weighted by molar-refractivity contribution is 6.03. The molecule has 0 spiro atoms. The van der Waals surface area contributed by atoms with Crippen molar-refractivity contribution in [2.24, 2.45) is 0 Å². The number of hydrogen-bond acceptors (Lipinski definition) is 4. The summed E-state index contributed by atoms with van der Waals surface area (Å²) < 4.78 is 18.7. The minimum Gasteiger partial charge on any atom is -0.475 e. The highest BCUT2D eigenvalue weighted by Crippen LogP contribution is 2.24. The van der Waals surface area contributed by atoms with Gasteiger partial charge in [-0.05, 0) is 30.7 Å². The summed E-state index contributed by atoms with van der Waals surface area (Å²) >= 11 is 0. The minimum absolute atomic E-state index is 0.158. The Kier molecular flexibility index (Phi) is 4.03. The number of carbonyl (C=O) groups is 3. The lowest BCUT2D eigenvalue weighted by Crippen LogP contribution is -2.41. The smallest absolute Gasteiger partial charge is 0.371 e. The molecule has 2 N–H and O–H groups in total. The van der Waals surface area contributed by atoms with Crippen LogP contribution in [0.1, 0.15) is 27.5 Å². The van der Waals surface area contributed by atoms with E-state index in [0.717, 1.165) is 6.07 Å². The summed E-state index contributed by atoms with van der Waals surface area (Å²) in [6.45, 7) is 0.267. The van der Waals surface area contributed by atoms with Crippen LogP contribution < -0.4 is 10.2 Å². The molecule has 1 atom stereocenters. The van der Waals surface area contributed by atoms with Gasteiger partial charge in [-0.3, -0.25) is 9.59 Å². The summed E-state index contributed by atoms with van der Waals surface area (Å²) in [5.74, 6) is -3.52. The third kappa shape index (κ3) is 2.85. The fourth-order valence-electron chi connectivity index (χ4n) is 2.53. The fraction of sp³-hybridized carbons (Fsp3) is 0.188. The number of rotatable bonds is 4. The van der Waals surface area contributed by atoms with E-state index in [1.165, 1.54) is 29.2 Å². The largest absolute Gasteiger partial charge is 0.475 e. The maximum Gasteiger partial charge on any atom is 0.371 e. The van der Waals surface area contributed by atoms with Crippen molar-refractivity contribution in [2.75, 3.05) is 11.4 Å². The molecule has 124 valence electrons. The normalized spacial score (nSPS) is 17.1. The molecule has 2 amide bonds. The van der Waals surface area contributed by atoms with Crippen molar-refractivity contribution in [3.8, 4) is 0 Å². The van der Waals surface area contributed by atoms with Crippen LogP contribution in [0.15, 0.2) is 40.8 Å². The third-order valence-corrected chi connectivity index (χ3v) is 3.69. The highest BCUT2D eigenvalue weighted by Gasteiger charge is 2.35. The number of carboxylic acids is 1. The maximum atomic E-state index is 13.8. The maximum absolute atomic E-state index is 13.8. The van der Waals surface area contributed by atoms with Gasteiger partial charge in [0.1, 0.15) is 11.9 Å². The molecule has 0 radical (unpaired) electrons. The van der Waals surface area contributed by atoms with Crippen LogP contribution in [0.5, 0.6) is 0 Å². The lowest BCUT2D eigenvalue weighted by molar-refractivity contribution is -0.118. The molecule has 1 aliphatic rings. The Morgan fingerprint density at radius 2 is 1.92 bits per heavy atom. The van der Waals surface area contributed by atoms with E-state index >= 15 is 0 Å². The van der Waals surface area contributed by atoms with Crippen LogP contribution in [0.2, 0.25) is 0 Å². The molecule has 0 aliphatic carbocycles. The summed E-state index contributed by atoms with van der Waals surface area (Å²) in [7, 11) is 0. The number of carbonyl (C=O) groups excluding carboxylic acids is 2. The van der Waals surface area contributed by atoms with Gasteiger partial charge in [-0.1, -0.05) is 12.1 Å². The number of amides is 2. The molecule has 24 heavy (non-hydrogen) atoms. The van der Waals surface area contributed by atoms with Crippen molar-refractivity contribution in [1.82, 2.24) is 5.32 Å². The van der Waals surface area contributed by atoms with E-state index in [4.69, 9.17) is 9.52 Å². The van der Waals surface area contributed by atoms with Crippen molar-refractivity contribution in [2.45, 2.75) is 12.5 Å². The van der Waals surface area contributed by atoms with Gasteiger partial charge in [0.25, 0.3) is 5.91 Å². The Morgan fingerprint density at radius 3 is 2.58 bits per heavy atom. The van der Waals surface area contributed by atoms with Gasteiger partial charge in [-0.2, -0.15) is 0 Å². The molecule has 0 bridgehead atoms. The summed E-state index contributed by atoms with van der Waals surface area (Å²) in [6.07, 6.45) is 0.311. The van der Waals surface area contributed by atoms with E-state index in [2.05, 4.69) is 5.32 Å². The molecule has 1 aromatic heterocycles. The number of halogens is 1. The summed E-state index contributed by atoms with van der Waals surface area (Å²) in [5.41, 5.74) is 0.158. The van der Waals surface area contributed by atoms with Crippen LogP contribution in [0, 0.1) is 5.82 Å². The average molecular weight is 332 g/mol. The quantitative estimate of drug-likeness (QED) is 0.887. The predicted octanol–water partition coefficient (Wildman–Crippen LogP) is 1.65. The molecule has 8 heteroatoms. The second kappa shape index (κ2) is 6.15. The summed E-state index contributed by atoms with van der Waals surface area (Å²) in [4.78, 5) is 36.4. The lowest BCUT2D eigenvalue weighted by atomic mass is 10.2.